The maximum Gasteiger partial charge on any atom is 0.187 e. The summed E-state index contributed by atoms with van der Waals surface area (Å²) in [6.07, 6.45) is 4.37. The molecule has 0 aromatic carbocycles. The summed E-state index contributed by atoms with van der Waals surface area (Å²) in [6, 6.07) is 0. The number of carbonyl (C=O) groups excluding carboxylic acids is 1. The number of ether oxygens (including phenoxy) is 1. The highest BCUT2D eigenvalue weighted by Crippen LogP contribution is 2.39. The van der Waals surface area contributed by atoms with Crippen LogP contribution in [0.2, 0.25) is 0 Å². The van der Waals surface area contributed by atoms with Crippen LogP contribution in [0.5, 0.6) is 0 Å². The van der Waals surface area contributed by atoms with E-state index in [1.54, 1.807) is 13.2 Å². The van der Waals surface area contributed by atoms with Crippen LogP contribution in [-0.4, -0.2) is 18.5 Å². The lowest BCUT2D eigenvalue weighted by Gasteiger charge is -2.25. The topological polar surface area (TPSA) is 26.3 Å². The summed E-state index contributed by atoms with van der Waals surface area (Å²) in [6.45, 7) is 9.38. The van der Waals surface area contributed by atoms with Crippen LogP contribution >= 0.6 is 0 Å². The van der Waals surface area contributed by atoms with E-state index < -0.39 is 5.60 Å². The first-order chi connectivity index (χ1) is 6.99. The quantitative estimate of drug-likeness (QED) is 0.524. The first kappa shape index (κ1) is 11.9. The molecular weight excluding hydrogens is 188 g/mol. The zero-order chi connectivity index (χ0) is 11.6. The lowest BCUT2D eigenvalue weighted by atomic mass is 9.92. The number of allylic oxidation sites excluding steroid dienone is 3. The van der Waals surface area contributed by atoms with Crippen molar-refractivity contribution in [3.05, 3.63) is 35.5 Å². The van der Waals surface area contributed by atoms with Gasteiger partial charge in [-0.1, -0.05) is 12.2 Å². The fourth-order valence-electron chi connectivity index (χ4n) is 1.90. The molecule has 0 radical (unpaired) electrons. The Morgan fingerprint density at radius 2 is 2.07 bits per heavy atom. The van der Waals surface area contributed by atoms with Crippen molar-refractivity contribution in [1.29, 1.82) is 0 Å². The lowest BCUT2D eigenvalue weighted by Crippen LogP contribution is -2.29. The minimum atomic E-state index is -0.551. The van der Waals surface area contributed by atoms with Crippen molar-refractivity contribution in [3.8, 4) is 0 Å². The van der Waals surface area contributed by atoms with Crippen LogP contribution in [0, 0.1) is 0 Å². The van der Waals surface area contributed by atoms with Gasteiger partial charge >= 0.3 is 0 Å². The smallest absolute Gasteiger partial charge is 0.187 e. The molecule has 0 amide bonds. The second kappa shape index (κ2) is 4.15. The number of Topliss-reactive ketones (excluding diaryl/α,β-unsaturated/α-hetero) is 1. The second-order valence-electron chi connectivity index (χ2n) is 3.96. The van der Waals surface area contributed by atoms with E-state index in [0.717, 1.165) is 16.7 Å². The average Bonchev–Trinajstić information content (AvgIpc) is 2.40. The lowest BCUT2D eigenvalue weighted by molar-refractivity contribution is -0.112. The minimum Gasteiger partial charge on any atom is -0.369 e. The van der Waals surface area contributed by atoms with Crippen LogP contribution < -0.4 is 0 Å². The molecule has 1 unspecified atom stereocenters. The molecule has 2 heteroatoms. The summed E-state index contributed by atoms with van der Waals surface area (Å²) in [5, 5.41) is 0. The number of rotatable bonds is 3. The predicted molar refractivity (Wildman–Crippen MR) is 61.7 cm³/mol. The van der Waals surface area contributed by atoms with Crippen molar-refractivity contribution < 1.29 is 9.53 Å². The van der Waals surface area contributed by atoms with E-state index in [1.165, 1.54) is 0 Å². The van der Waals surface area contributed by atoms with Gasteiger partial charge in [0.2, 0.25) is 0 Å². The van der Waals surface area contributed by atoms with Crippen molar-refractivity contribution in [2.24, 2.45) is 0 Å². The minimum absolute atomic E-state index is 0.0960. The molecule has 15 heavy (non-hydrogen) atoms. The van der Waals surface area contributed by atoms with Gasteiger partial charge in [-0.3, -0.25) is 4.79 Å². The molecular formula is C13H18O2. The van der Waals surface area contributed by atoms with Gasteiger partial charge in [-0.2, -0.15) is 0 Å². The summed E-state index contributed by atoms with van der Waals surface area (Å²) < 4.78 is 5.48. The Bertz CT molecular complexity index is 361. The highest BCUT2D eigenvalue weighted by Gasteiger charge is 2.42. The molecule has 0 saturated heterocycles. The van der Waals surface area contributed by atoms with E-state index in [9.17, 15) is 4.79 Å². The normalized spacial score (nSPS) is 29.1. The van der Waals surface area contributed by atoms with Gasteiger partial charge in [-0.15, -0.1) is 6.58 Å². The molecule has 0 N–H and O–H groups in total. The Kier molecular flexibility index (Phi) is 3.30. The Balaban J connectivity index is 3.21. The van der Waals surface area contributed by atoms with Crippen molar-refractivity contribution in [3.63, 3.8) is 0 Å². The van der Waals surface area contributed by atoms with Crippen LogP contribution in [-0.2, 0) is 9.53 Å². The predicted octanol–water partition coefficient (Wildman–Crippen LogP) is 2.81. The van der Waals surface area contributed by atoms with Gasteiger partial charge in [0.1, 0.15) is 5.60 Å². The van der Waals surface area contributed by atoms with E-state index >= 15 is 0 Å². The summed E-state index contributed by atoms with van der Waals surface area (Å²) >= 11 is 0. The van der Waals surface area contributed by atoms with Gasteiger partial charge in [0.15, 0.2) is 5.78 Å². The van der Waals surface area contributed by atoms with Gasteiger partial charge in [-0.25, -0.2) is 0 Å². The molecule has 0 bridgehead atoms. The second-order valence-corrected chi connectivity index (χ2v) is 3.96. The van der Waals surface area contributed by atoms with Crippen LogP contribution in [0.4, 0.5) is 0 Å². The van der Waals surface area contributed by atoms with Crippen molar-refractivity contribution in [2.45, 2.75) is 32.8 Å². The van der Waals surface area contributed by atoms with Gasteiger partial charge in [0, 0.05) is 12.7 Å². The fraction of sp³-hybridized carbons (Fsp3) is 0.462. The van der Waals surface area contributed by atoms with Crippen molar-refractivity contribution in [2.75, 3.05) is 7.11 Å². The molecule has 0 aliphatic heterocycles. The molecule has 2 nitrogen and oxygen atoms in total. The van der Waals surface area contributed by atoms with E-state index in [4.69, 9.17) is 4.74 Å². The van der Waals surface area contributed by atoms with Crippen LogP contribution in [0.25, 0.3) is 0 Å². The maximum atomic E-state index is 12.0. The third-order valence-electron chi connectivity index (χ3n) is 3.27. The third kappa shape index (κ3) is 1.70. The molecule has 0 saturated carbocycles. The Morgan fingerprint density at radius 1 is 1.47 bits per heavy atom. The molecule has 1 rings (SSSR count). The molecule has 1 atom stereocenters. The first-order valence-electron chi connectivity index (χ1n) is 5.08. The molecule has 0 aromatic rings. The van der Waals surface area contributed by atoms with Crippen LogP contribution in [0.3, 0.4) is 0 Å². The van der Waals surface area contributed by atoms with Gasteiger partial charge in [0.25, 0.3) is 0 Å². The number of carbonyl (C=O) groups is 1. The van der Waals surface area contributed by atoms with E-state index in [0.29, 0.717) is 6.42 Å². The van der Waals surface area contributed by atoms with Crippen LogP contribution in [0.1, 0.15) is 27.2 Å². The largest absolute Gasteiger partial charge is 0.369 e. The van der Waals surface area contributed by atoms with Crippen molar-refractivity contribution in [1.82, 2.24) is 0 Å². The highest BCUT2D eigenvalue weighted by molar-refractivity contribution is 6.13. The molecule has 0 heterocycles. The summed E-state index contributed by atoms with van der Waals surface area (Å²) in [5.41, 5.74) is 1.99. The Morgan fingerprint density at radius 3 is 2.53 bits per heavy atom. The third-order valence-corrected chi connectivity index (χ3v) is 3.27. The zero-order valence-corrected chi connectivity index (χ0v) is 9.89. The molecule has 1 aliphatic carbocycles. The van der Waals surface area contributed by atoms with Crippen LogP contribution in [0.15, 0.2) is 35.5 Å². The van der Waals surface area contributed by atoms with Crippen molar-refractivity contribution >= 4 is 5.78 Å². The zero-order valence-electron chi connectivity index (χ0n) is 9.89. The molecule has 0 aromatic heterocycles. The molecule has 0 fully saturated rings. The Labute approximate surface area is 91.3 Å². The number of hydrogen-bond donors (Lipinski definition) is 0. The summed E-state index contributed by atoms with van der Waals surface area (Å²) in [5.74, 6) is 0.0960. The number of hydrogen-bond acceptors (Lipinski definition) is 2. The SMILES string of the molecule is C=CC/C=C1\C(=O)C(C)=C(C)C1(C)OC. The molecule has 1 aliphatic rings. The van der Waals surface area contributed by atoms with E-state index in [-0.39, 0.29) is 5.78 Å². The van der Waals surface area contributed by atoms with E-state index in [2.05, 4.69) is 6.58 Å². The van der Waals surface area contributed by atoms with Gasteiger partial charge < -0.3 is 4.74 Å². The van der Waals surface area contributed by atoms with E-state index in [1.807, 2.05) is 26.8 Å². The fourth-order valence-corrected chi connectivity index (χ4v) is 1.90. The standard InChI is InChI=1S/C13H18O2/c1-6-7-8-11-12(14)9(2)10(3)13(11,4)15-5/h6,8H,1,7H2,2-5H3/b11-8+. The summed E-state index contributed by atoms with van der Waals surface area (Å²) in [4.78, 5) is 12.0. The monoisotopic (exact) mass is 206 g/mol. The highest BCUT2D eigenvalue weighted by atomic mass is 16.5. The Hall–Kier alpha value is -1.15. The molecule has 0 spiro atoms. The average molecular weight is 206 g/mol. The number of ketones is 1. The first-order valence-corrected chi connectivity index (χ1v) is 5.08. The summed E-state index contributed by atoms with van der Waals surface area (Å²) in [7, 11) is 1.64. The maximum absolute atomic E-state index is 12.0. The number of methoxy groups -OCH3 is 1. The molecule has 82 valence electrons. The van der Waals surface area contributed by atoms with Gasteiger partial charge in [-0.05, 0) is 38.3 Å². The van der Waals surface area contributed by atoms with Gasteiger partial charge in [0.05, 0.1) is 0 Å².